The number of ether oxygens (including phenoxy) is 1. The van der Waals surface area contributed by atoms with Crippen LogP contribution in [0.15, 0.2) is 42.5 Å². The van der Waals surface area contributed by atoms with Gasteiger partial charge in [0.05, 0.1) is 28.0 Å². The van der Waals surface area contributed by atoms with Gasteiger partial charge in [-0.3, -0.25) is 29.9 Å². The Labute approximate surface area is 176 Å². The second-order valence-corrected chi connectivity index (χ2v) is 7.21. The van der Waals surface area contributed by atoms with E-state index in [0.717, 1.165) is 30.3 Å². The van der Waals surface area contributed by atoms with Crippen LogP contribution in [0.3, 0.4) is 0 Å². The predicted molar refractivity (Wildman–Crippen MR) is 109 cm³/mol. The number of halogens is 1. The summed E-state index contributed by atoms with van der Waals surface area (Å²) in [5, 5.41) is 22.5. The van der Waals surface area contributed by atoms with Gasteiger partial charge in [-0.25, -0.2) is 0 Å². The average molecular weight is 435 g/mol. The Morgan fingerprint density at radius 3 is 2.07 bits per heavy atom. The molecule has 0 bridgehead atoms. The molecule has 0 aliphatic carbocycles. The molecule has 2 aromatic carbocycles. The fourth-order valence-electron chi connectivity index (χ4n) is 3.10. The molecule has 158 valence electrons. The van der Waals surface area contributed by atoms with Crippen LogP contribution < -0.4 is 4.74 Å². The van der Waals surface area contributed by atoms with Gasteiger partial charge in [-0.15, -0.1) is 0 Å². The Hall–Kier alpha value is -3.24. The summed E-state index contributed by atoms with van der Waals surface area (Å²) in [4.78, 5) is 36.6. The monoisotopic (exact) mass is 434 g/mol. The summed E-state index contributed by atoms with van der Waals surface area (Å²) in [7, 11) is 0. The van der Waals surface area contributed by atoms with Crippen molar-refractivity contribution in [3.05, 3.63) is 73.3 Å². The summed E-state index contributed by atoms with van der Waals surface area (Å²) in [5.41, 5.74) is 0.194. The van der Waals surface area contributed by atoms with Crippen molar-refractivity contribution in [1.82, 2.24) is 9.80 Å². The van der Waals surface area contributed by atoms with E-state index in [1.165, 1.54) is 0 Å². The Kier molecular flexibility index (Phi) is 6.80. The first-order chi connectivity index (χ1) is 14.3. The Balaban J connectivity index is 1.52. The number of amides is 1. The maximum atomic E-state index is 12.4. The molecular weight excluding hydrogens is 416 g/mol. The van der Waals surface area contributed by atoms with Crippen molar-refractivity contribution in [1.29, 1.82) is 0 Å². The Bertz CT molecular complexity index is 912. The van der Waals surface area contributed by atoms with Crippen LogP contribution in [0.25, 0.3) is 0 Å². The lowest BCUT2D eigenvalue weighted by molar-refractivity contribution is -0.394. The lowest BCUT2D eigenvalue weighted by Gasteiger charge is -2.34. The van der Waals surface area contributed by atoms with Crippen LogP contribution in [0.4, 0.5) is 11.4 Å². The van der Waals surface area contributed by atoms with Crippen LogP contribution in [0.2, 0.25) is 5.02 Å². The molecule has 1 fully saturated rings. The van der Waals surface area contributed by atoms with E-state index in [1.54, 1.807) is 4.90 Å². The first-order valence-corrected chi connectivity index (χ1v) is 9.51. The molecule has 1 amide bonds. The van der Waals surface area contributed by atoms with Crippen LogP contribution in [-0.2, 0) is 11.3 Å². The first kappa shape index (κ1) is 21.5. The number of carbonyl (C=O) groups excluding carboxylic acids is 1. The third-order valence-electron chi connectivity index (χ3n) is 4.70. The summed E-state index contributed by atoms with van der Waals surface area (Å²) < 4.78 is 5.31. The summed E-state index contributed by atoms with van der Waals surface area (Å²) in [6.07, 6.45) is 0. The molecule has 0 N–H and O–H groups in total. The van der Waals surface area contributed by atoms with Crippen molar-refractivity contribution in [2.24, 2.45) is 0 Å². The van der Waals surface area contributed by atoms with Gasteiger partial charge in [0.1, 0.15) is 5.75 Å². The Morgan fingerprint density at radius 1 is 0.967 bits per heavy atom. The van der Waals surface area contributed by atoms with E-state index in [2.05, 4.69) is 4.90 Å². The van der Waals surface area contributed by atoms with Gasteiger partial charge in [-0.05, 0) is 17.7 Å². The molecule has 0 saturated carbocycles. The van der Waals surface area contributed by atoms with Crippen molar-refractivity contribution < 1.29 is 19.4 Å². The van der Waals surface area contributed by atoms with Crippen molar-refractivity contribution in [3.63, 3.8) is 0 Å². The fourth-order valence-corrected chi connectivity index (χ4v) is 3.23. The number of rotatable bonds is 7. The largest absolute Gasteiger partial charge is 0.483 e. The number of benzene rings is 2. The molecule has 2 aromatic rings. The highest BCUT2D eigenvalue weighted by Gasteiger charge is 2.23. The third-order valence-corrected chi connectivity index (χ3v) is 4.96. The highest BCUT2D eigenvalue weighted by molar-refractivity contribution is 6.30. The van der Waals surface area contributed by atoms with E-state index < -0.39 is 21.2 Å². The zero-order chi connectivity index (χ0) is 21.7. The van der Waals surface area contributed by atoms with Crippen LogP contribution in [0.5, 0.6) is 5.75 Å². The van der Waals surface area contributed by atoms with Crippen molar-refractivity contribution in [2.45, 2.75) is 6.54 Å². The number of nitro benzene ring substituents is 2. The molecule has 0 aromatic heterocycles. The molecule has 1 heterocycles. The quantitative estimate of drug-likeness (QED) is 0.485. The number of piperazine rings is 1. The van der Waals surface area contributed by atoms with Gasteiger partial charge in [0.15, 0.2) is 6.61 Å². The van der Waals surface area contributed by atoms with Crippen molar-refractivity contribution >= 4 is 28.9 Å². The van der Waals surface area contributed by atoms with Crippen molar-refractivity contribution in [3.8, 4) is 5.75 Å². The molecule has 0 atom stereocenters. The average Bonchev–Trinajstić information content (AvgIpc) is 2.74. The molecule has 0 unspecified atom stereocenters. The van der Waals surface area contributed by atoms with Crippen LogP contribution in [-0.4, -0.2) is 58.3 Å². The molecule has 10 nitrogen and oxygen atoms in total. The molecule has 3 rings (SSSR count). The lowest BCUT2D eigenvalue weighted by Crippen LogP contribution is -2.49. The van der Waals surface area contributed by atoms with Gasteiger partial charge in [0, 0.05) is 37.7 Å². The van der Waals surface area contributed by atoms with Crippen LogP contribution in [0, 0.1) is 20.2 Å². The summed E-state index contributed by atoms with van der Waals surface area (Å²) in [6.45, 7) is 2.82. The summed E-state index contributed by atoms with van der Waals surface area (Å²) >= 11 is 5.89. The zero-order valence-corrected chi connectivity index (χ0v) is 16.7. The third kappa shape index (κ3) is 5.65. The number of nitro groups is 2. The van der Waals surface area contributed by atoms with E-state index in [0.29, 0.717) is 31.2 Å². The predicted octanol–water partition coefficient (Wildman–Crippen LogP) is 2.88. The van der Waals surface area contributed by atoms with Gasteiger partial charge in [0.25, 0.3) is 17.3 Å². The van der Waals surface area contributed by atoms with E-state index in [1.807, 2.05) is 24.3 Å². The SMILES string of the molecule is O=C(COc1cc([N+](=O)[O-])cc([N+](=O)[O-])c1)N1CCN(Cc2ccc(Cl)cc2)CC1. The van der Waals surface area contributed by atoms with Gasteiger partial charge in [-0.2, -0.15) is 0 Å². The molecule has 11 heteroatoms. The van der Waals surface area contributed by atoms with Gasteiger partial charge in [0.2, 0.25) is 0 Å². The number of nitrogens with zero attached hydrogens (tertiary/aromatic N) is 4. The minimum Gasteiger partial charge on any atom is -0.483 e. The lowest BCUT2D eigenvalue weighted by atomic mass is 10.2. The number of hydrogen-bond acceptors (Lipinski definition) is 7. The van der Waals surface area contributed by atoms with E-state index in [4.69, 9.17) is 16.3 Å². The van der Waals surface area contributed by atoms with Gasteiger partial charge < -0.3 is 9.64 Å². The van der Waals surface area contributed by atoms with E-state index in [-0.39, 0.29) is 18.3 Å². The van der Waals surface area contributed by atoms with Gasteiger partial charge in [-0.1, -0.05) is 23.7 Å². The second kappa shape index (κ2) is 9.51. The minimum atomic E-state index is -0.748. The molecule has 1 saturated heterocycles. The maximum Gasteiger partial charge on any atom is 0.280 e. The van der Waals surface area contributed by atoms with Crippen LogP contribution >= 0.6 is 11.6 Å². The summed E-state index contributed by atoms with van der Waals surface area (Å²) in [5.74, 6) is -0.374. The highest BCUT2D eigenvalue weighted by atomic mass is 35.5. The number of hydrogen-bond donors (Lipinski definition) is 0. The summed E-state index contributed by atoms with van der Waals surface area (Å²) in [6, 6.07) is 10.6. The standard InChI is InChI=1S/C19H19ClN4O6/c20-15-3-1-14(2-4-15)12-21-5-7-22(8-6-21)19(25)13-30-18-10-16(23(26)27)9-17(11-18)24(28)29/h1-4,9-11H,5-8,12-13H2. The van der Waals surface area contributed by atoms with E-state index in [9.17, 15) is 25.0 Å². The van der Waals surface area contributed by atoms with E-state index >= 15 is 0 Å². The number of non-ortho nitro benzene ring substituents is 2. The number of carbonyl (C=O) groups is 1. The maximum absolute atomic E-state index is 12.4. The molecule has 0 spiro atoms. The highest BCUT2D eigenvalue weighted by Crippen LogP contribution is 2.27. The fraction of sp³-hybridized carbons (Fsp3) is 0.316. The topological polar surface area (TPSA) is 119 Å². The smallest absolute Gasteiger partial charge is 0.280 e. The molecule has 1 aliphatic heterocycles. The molecule has 30 heavy (non-hydrogen) atoms. The minimum absolute atomic E-state index is 0.0920. The molecule has 0 radical (unpaired) electrons. The molecular formula is C19H19ClN4O6. The van der Waals surface area contributed by atoms with Crippen molar-refractivity contribution in [2.75, 3.05) is 32.8 Å². The zero-order valence-electron chi connectivity index (χ0n) is 15.9. The molecule has 1 aliphatic rings. The van der Waals surface area contributed by atoms with Gasteiger partial charge >= 0.3 is 0 Å². The Morgan fingerprint density at radius 2 is 1.53 bits per heavy atom. The second-order valence-electron chi connectivity index (χ2n) is 6.77. The first-order valence-electron chi connectivity index (χ1n) is 9.13. The normalized spacial score (nSPS) is 14.4. The van der Waals surface area contributed by atoms with Crippen LogP contribution in [0.1, 0.15) is 5.56 Å².